The van der Waals surface area contributed by atoms with Gasteiger partial charge in [0.15, 0.2) is 0 Å². The molecule has 3 rings (SSSR count). The van der Waals surface area contributed by atoms with Crippen molar-refractivity contribution >= 4 is 23.8 Å². The van der Waals surface area contributed by atoms with E-state index in [1.54, 1.807) is 0 Å². The molecule has 0 N–H and O–H groups in total. The van der Waals surface area contributed by atoms with Crippen molar-refractivity contribution in [1.82, 2.24) is 0 Å². The molecular formula is C26H24. The molecule has 128 valence electrons. The molecule has 0 amide bonds. The predicted molar refractivity (Wildman–Crippen MR) is 116 cm³/mol. The van der Waals surface area contributed by atoms with Crippen LogP contribution in [0.5, 0.6) is 0 Å². The fraction of sp³-hybridized carbons (Fsp3) is 0.0769. The molecule has 0 aromatic heterocycles. The van der Waals surface area contributed by atoms with Gasteiger partial charge in [0.2, 0.25) is 0 Å². The smallest absolute Gasteiger partial charge is 0.00263 e. The Bertz CT molecular complexity index is 1070. The van der Waals surface area contributed by atoms with Crippen LogP contribution in [-0.2, 0) is 0 Å². The molecule has 1 aliphatic carbocycles. The molecule has 0 radical (unpaired) electrons. The normalized spacial score (nSPS) is 14.8. The maximum Gasteiger partial charge on any atom is -0.00263 e. The summed E-state index contributed by atoms with van der Waals surface area (Å²) in [7, 11) is 0. The van der Waals surface area contributed by atoms with Gasteiger partial charge in [0.25, 0.3) is 0 Å². The first-order valence-electron chi connectivity index (χ1n) is 8.80. The monoisotopic (exact) mass is 336 g/mol. The van der Waals surface area contributed by atoms with Gasteiger partial charge in [-0.1, -0.05) is 92.1 Å². The van der Waals surface area contributed by atoms with Crippen LogP contribution in [0.1, 0.15) is 25.0 Å². The third-order valence-corrected chi connectivity index (χ3v) is 4.62. The molecule has 0 heteroatoms. The van der Waals surface area contributed by atoms with Gasteiger partial charge >= 0.3 is 0 Å². The Labute approximate surface area is 156 Å². The van der Waals surface area contributed by atoms with Gasteiger partial charge in [-0.3, -0.25) is 0 Å². The maximum absolute atomic E-state index is 4.35. The van der Waals surface area contributed by atoms with E-state index in [-0.39, 0.29) is 0 Å². The molecule has 0 atom stereocenters. The lowest BCUT2D eigenvalue weighted by Crippen LogP contribution is -2.23. The first-order valence-corrected chi connectivity index (χ1v) is 8.80. The molecule has 1 aliphatic rings. The van der Waals surface area contributed by atoms with E-state index < -0.39 is 0 Å². The molecule has 0 heterocycles. The molecule has 26 heavy (non-hydrogen) atoms. The summed E-state index contributed by atoms with van der Waals surface area (Å²) in [4.78, 5) is 0. The Morgan fingerprint density at radius 1 is 0.923 bits per heavy atom. The zero-order valence-electron chi connectivity index (χ0n) is 15.5. The van der Waals surface area contributed by atoms with E-state index in [4.69, 9.17) is 0 Å². The molecule has 0 spiro atoms. The quantitative estimate of drug-likeness (QED) is 0.653. The topological polar surface area (TPSA) is 0 Å². The van der Waals surface area contributed by atoms with E-state index in [0.29, 0.717) is 0 Å². The van der Waals surface area contributed by atoms with Crippen LogP contribution in [0.4, 0.5) is 0 Å². The first-order chi connectivity index (χ1) is 12.5. The minimum Gasteiger partial charge on any atom is -0.0991 e. The van der Waals surface area contributed by atoms with Gasteiger partial charge in [0.05, 0.1) is 0 Å². The van der Waals surface area contributed by atoms with E-state index in [1.807, 2.05) is 24.3 Å². The lowest BCUT2D eigenvalue weighted by molar-refractivity contribution is 1.34. The minimum absolute atomic E-state index is 1.03. The van der Waals surface area contributed by atoms with E-state index in [0.717, 1.165) is 10.8 Å². The van der Waals surface area contributed by atoms with Gasteiger partial charge < -0.3 is 0 Å². The van der Waals surface area contributed by atoms with Crippen molar-refractivity contribution < 1.29 is 0 Å². The summed E-state index contributed by atoms with van der Waals surface area (Å²) in [5.74, 6) is 0. The van der Waals surface area contributed by atoms with Gasteiger partial charge in [0, 0.05) is 0 Å². The second-order valence-corrected chi connectivity index (χ2v) is 6.67. The predicted octanol–water partition coefficient (Wildman–Crippen LogP) is 5.44. The number of benzene rings is 2. The molecule has 0 aliphatic heterocycles. The first kappa shape index (κ1) is 17.7. The molecule has 0 saturated heterocycles. The molecule has 0 fully saturated rings. The van der Waals surface area contributed by atoms with Crippen LogP contribution in [0.15, 0.2) is 96.6 Å². The van der Waals surface area contributed by atoms with E-state index >= 15 is 0 Å². The minimum atomic E-state index is 1.03. The third-order valence-electron chi connectivity index (χ3n) is 4.62. The molecule has 0 saturated carbocycles. The molecular weight excluding hydrogens is 312 g/mol. The van der Waals surface area contributed by atoms with Crippen LogP contribution in [0.25, 0.3) is 23.8 Å². The summed E-state index contributed by atoms with van der Waals surface area (Å²) in [5.41, 5.74) is 8.25. The molecule has 0 nitrogen and oxygen atoms in total. The zero-order chi connectivity index (χ0) is 18.7. The SMILES string of the molecule is C=C/C=C\C(=C(C)C)/C(=C1\C(=C)C=c2c1cccc2=C)c1ccccc1. The second kappa shape index (κ2) is 7.41. The van der Waals surface area contributed by atoms with Crippen LogP contribution >= 0.6 is 0 Å². The summed E-state index contributed by atoms with van der Waals surface area (Å²) < 4.78 is 0. The average Bonchev–Trinajstić information content (AvgIpc) is 2.96. The summed E-state index contributed by atoms with van der Waals surface area (Å²) in [5, 5.41) is 2.20. The molecule has 2 aromatic carbocycles. The average molecular weight is 336 g/mol. The third kappa shape index (κ3) is 3.19. The lowest BCUT2D eigenvalue weighted by atomic mass is 9.86. The Kier molecular flexibility index (Phi) is 5.04. The van der Waals surface area contributed by atoms with Crippen LogP contribution in [0.2, 0.25) is 0 Å². The molecule has 0 bridgehead atoms. The highest BCUT2D eigenvalue weighted by Crippen LogP contribution is 2.39. The Morgan fingerprint density at radius 2 is 1.65 bits per heavy atom. The zero-order valence-corrected chi connectivity index (χ0v) is 15.5. The number of hydrogen-bond acceptors (Lipinski definition) is 0. The van der Waals surface area contributed by atoms with Crippen molar-refractivity contribution in [2.75, 3.05) is 0 Å². The van der Waals surface area contributed by atoms with Crippen molar-refractivity contribution in [2.24, 2.45) is 0 Å². The highest BCUT2D eigenvalue weighted by Gasteiger charge is 2.21. The van der Waals surface area contributed by atoms with Gasteiger partial charge in [-0.25, -0.2) is 0 Å². The molecule has 0 unspecified atom stereocenters. The number of rotatable bonds is 4. The van der Waals surface area contributed by atoms with Crippen LogP contribution in [0.3, 0.4) is 0 Å². The van der Waals surface area contributed by atoms with Crippen molar-refractivity contribution in [3.63, 3.8) is 0 Å². The van der Waals surface area contributed by atoms with E-state index in [9.17, 15) is 0 Å². The Balaban J connectivity index is 2.43. The summed E-state index contributed by atoms with van der Waals surface area (Å²) in [6.45, 7) is 16.7. The van der Waals surface area contributed by atoms with Crippen LogP contribution in [-0.4, -0.2) is 0 Å². The van der Waals surface area contributed by atoms with E-state index in [2.05, 4.69) is 82.1 Å². The number of allylic oxidation sites excluding steroid dienone is 8. The van der Waals surface area contributed by atoms with Crippen LogP contribution in [0, 0.1) is 0 Å². The van der Waals surface area contributed by atoms with Gasteiger partial charge in [-0.15, -0.1) is 0 Å². The van der Waals surface area contributed by atoms with Gasteiger partial charge in [0.1, 0.15) is 0 Å². The van der Waals surface area contributed by atoms with Gasteiger partial charge in [-0.05, 0) is 63.8 Å². The summed E-state index contributed by atoms with van der Waals surface area (Å²) in [6, 6.07) is 16.8. The van der Waals surface area contributed by atoms with Crippen molar-refractivity contribution in [3.8, 4) is 0 Å². The van der Waals surface area contributed by atoms with Crippen molar-refractivity contribution in [1.29, 1.82) is 0 Å². The summed E-state index contributed by atoms with van der Waals surface area (Å²) in [6.07, 6.45) is 8.09. The largest absolute Gasteiger partial charge is 0.0991 e. The lowest BCUT2D eigenvalue weighted by Gasteiger charge is -2.17. The van der Waals surface area contributed by atoms with E-state index in [1.165, 1.54) is 38.6 Å². The maximum atomic E-state index is 4.35. The fourth-order valence-corrected chi connectivity index (χ4v) is 3.42. The van der Waals surface area contributed by atoms with Crippen LogP contribution < -0.4 is 10.4 Å². The Hall–Kier alpha value is -3.12. The number of hydrogen-bond donors (Lipinski definition) is 0. The number of fused-ring (bicyclic) bond motifs is 1. The molecule has 2 aromatic rings. The Morgan fingerprint density at radius 3 is 2.31 bits per heavy atom. The van der Waals surface area contributed by atoms with Crippen molar-refractivity contribution in [2.45, 2.75) is 13.8 Å². The standard InChI is InChI=1S/C26H24/c1-6-7-15-22(18(2)3)26(21-13-9-8-10-14-21)25-20(5)17-24-19(4)12-11-16-23(24)25/h6-17H,1,4-5H2,2-3H3/b15-7-,26-25+. The fourth-order valence-electron chi connectivity index (χ4n) is 3.42. The highest BCUT2D eigenvalue weighted by atomic mass is 14.2. The summed E-state index contributed by atoms with van der Waals surface area (Å²) >= 11 is 0. The second-order valence-electron chi connectivity index (χ2n) is 6.67. The van der Waals surface area contributed by atoms with Gasteiger partial charge in [-0.2, -0.15) is 0 Å². The van der Waals surface area contributed by atoms with Crippen molar-refractivity contribution in [3.05, 3.63) is 118 Å². The highest BCUT2D eigenvalue weighted by molar-refractivity contribution is 6.10.